The summed E-state index contributed by atoms with van der Waals surface area (Å²) >= 11 is 6.12. The Morgan fingerprint density at radius 2 is 1.95 bits per heavy atom. The molecule has 0 N–H and O–H groups in total. The van der Waals surface area contributed by atoms with E-state index in [9.17, 15) is 4.79 Å². The first-order valence-electron chi connectivity index (χ1n) is 6.21. The van der Waals surface area contributed by atoms with Crippen LogP contribution in [0.4, 0.5) is 0 Å². The van der Waals surface area contributed by atoms with Crippen LogP contribution in [-0.2, 0) is 9.53 Å². The standard InChI is InChI=1S/C16H10ClNO3/c17-12(9-11-5-2-1-3-6-11)10-13-16(19)21-15(18-13)14-7-4-8-20-14/h1-10H/b12-9-,13-10-. The lowest BCUT2D eigenvalue weighted by molar-refractivity contribution is -0.130. The Balaban J connectivity index is 1.86. The Hall–Kier alpha value is -2.59. The zero-order chi connectivity index (χ0) is 14.7. The molecule has 5 heteroatoms. The Morgan fingerprint density at radius 3 is 2.67 bits per heavy atom. The van der Waals surface area contributed by atoms with Crippen molar-refractivity contribution in [2.75, 3.05) is 0 Å². The highest BCUT2D eigenvalue weighted by molar-refractivity contribution is 6.33. The first kappa shape index (κ1) is 13.4. The molecule has 0 radical (unpaired) electrons. The molecule has 0 atom stereocenters. The minimum Gasteiger partial charge on any atom is -0.459 e. The van der Waals surface area contributed by atoms with Crippen LogP contribution in [-0.4, -0.2) is 11.9 Å². The van der Waals surface area contributed by atoms with Gasteiger partial charge in [-0.2, -0.15) is 0 Å². The third kappa shape index (κ3) is 3.12. The molecule has 4 nitrogen and oxygen atoms in total. The van der Waals surface area contributed by atoms with Crippen molar-refractivity contribution in [3.8, 4) is 0 Å². The van der Waals surface area contributed by atoms with Gasteiger partial charge in [0.05, 0.1) is 6.26 Å². The van der Waals surface area contributed by atoms with E-state index in [1.54, 1.807) is 18.2 Å². The van der Waals surface area contributed by atoms with Gasteiger partial charge in [0.2, 0.25) is 0 Å². The number of hydrogen-bond donors (Lipinski definition) is 0. The number of halogens is 1. The maximum Gasteiger partial charge on any atom is 0.363 e. The van der Waals surface area contributed by atoms with Crippen molar-refractivity contribution in [2.45, 2.75) is 0 Å². The van der Waals surface area contributed by atoms with Crippen molar-refractivity contribution in [2.24, 2.45) is 4.99 Å². The highest BCUT2D eigenvalue weighted by Crippen LogP contribution is 2.20. The molecule has 3 rings (SSSR count). The lowest BCUT2D eigenvalue weighted by atomic mass is 10.2. The van der Waals surface area contributed by atoms with Gasteiger partial charge >= 0.3 is 5.97 Å². The number of aliphatic imine (C=N–C) groups is 1. The summed E-state index contributed by atoms with van der Waals surface area (Å²) < 4.78 is 10.2. The minimum absolute atomic E-state index is 0.138. The fourth-order valence-corrected chi connectivity index (χ4v) is 2.02. The number of furan rings is 1. The number of hydrogen-bond acceptors (Lipinski definition) is 4. The van der Waals surface area contributed by atoms with Gasteiger partial charge in [0.1, 0.15) is 0 Å². The van der Waals surface area contributed by atoms with Crippen molar-refractivity contribution in [1.29, 1.82) is 0 Å². The molecule has 0 fully saturated rings. The molecule has 21 heavy (non-hydrogen) atoms. The van der Waals surface area contributed by atoms with Gasteiger partial charge in [-0.25, -0.2) is 9.79 Å². The molecule has 0 amide bonds. The second kappa shape index (κ2) is 5.81. The number of benzene rings is 1. The van der Waals surface area contributed by atoms with E-state index >= 15 is 0 Å². The number of carbonyl (C=O) groups excluding carboxylic acids is 1. The van der Waals surface area contributed by atoms with Crippen LogP contribution in [0.5, 0.6) is 0 Å². The van der Waals surface area contributed by atoms with Gasteiger partial charge < -0.3 is 9.15 Å². The highest BCUT2D eigenvalue weighted by atomic mass is 35.5. The van der Waals surface area contributed by atoms with Gasteiger partial charge in [-0.3, -0.25) is 0 Å². The molecule has 1 aromatic heterocycles. The molecular formula is C16H10ClNO3. The lowest BCUT2D eigenvalue weighted by Gasteiger charge is -1.94. The molecule has 0 spiro atoms. The van der Waals surface area contributed by atoms with E-state index < -0.39 is 5.97 Å². The second-order valence-electron chi connectivity index (χ2n) is 4.25. The van der Waals surface area contributed by atoms with E-state index in [4.69, 9.17) is 20.8 Å². The monoisotopic (exact) mass is 299 g/mol. The van der Waals surface area contributed by atoms with E-state index in [1.807, 2.05) is 30.3 Å². The van der Waals surface area contributed by atoms with Crippen molar-refractivity contribution in [3.63, 3.8) is 0 Å². The summed E-state index contributed by atoms with van der Waals surface area (Å²) in [6, 6.07) is 12.9. The summed E-state index contributed by atoms with van der Waals surface area (Å²) in [6.45, 7) is 0. The summed E-state index contributed by atoms with van der Waals surface area (Å²) in [5.41, 5.74) is 1.07. The van der Waals surface area contributed by atoms with E-state index in [0.29, 0.717) is 10.8 Å². The Labute approximate surface area is 126 Å². The number of nitrogens with zero attached hydrogens (tertiary/aromatic N) is 1. The van der Waals surface area contributed by atoms with Crippen LogP contribution in [0.3, 0.4) is 0 Å². The van der Waals surface area contributed by atoms with Gasteiger partial charge in [-0.05, 0) is 29.8 Å². The predicted molar refractivity (Wildman–Crippen MR) is 79.7 cm³/mol. The summed E-state index contributed by atoms with van der Waals surface area (Å²) in [5.74, 6) is -0.0173. The molecule has 0 saturated carbocycles. The Kier molecular flexibility index (Phi) is 3.71. The molecule has 2 heterocycles. The van der Waals surface area contributed by atoms with Crippen LogP contribution in [0.25, 0.3) is 6.08 Å². The fourth-order valence-electron chi connectivity index (χ4n) is 1.80. The van der Waals surface area contributed by atoms with Gasteiger partial charge in [0.25, 0.3) is 5.90 Å². The largest absolute Gasteiger partial charge is 0.459 e. The van der Waals surface area contributed by atoms with Gasteiger partial charge in [0.15, 0.2) is 11.5 Å². The lowest BCUT2D eigenvalue weighted by Crippen LogP contribution is -2.04. The van der Waals surface area contributed by atoms with Gasteiger partial charge in [-0.15, -0.1) is 0 Å². The third-order valence-corrected chi connectivity index (χ3v) is 2.95. The molecule has 104 valence electrons. The van der Waals surface area contributed by atoms with Gasteiger partial charge in [0, 0.05) is 5.03 Å². The second-order valence-corrected chi connectivity index (χ2v) is 4.69. The zero-order valence-electron chi connectivity index (χ0n) is 10.8. The van der Waals surface area contributed by atoms with Crippen LogP contribution in [0.1, 0.15) is 11.3 Å². The van der Waals surface area contributed by atoms with E-state index in [-0.39, 0.29) is 11.6 Å². The van der Waals surface area contributed by atoms with Crippen LogP contribution in [0, 0.1) is 0 Å². The topological polar surface area (TPSA) is 51.8 Å². The molecule has 1 aliphatic rings. The molecular weight excluding hydrogens is 290 g/mol. The summed E-state index contributed by atoms with van der Waals surface area (Å²) in [6.07, 6.45) is 4.69. The van der Waals surface area contributed by atoms with Crippen LogP contribution < -0.4 is 0 Å². The maximum atomic E-state index is 11.7. The molecule has 0 saturated heterocycles. The third-order valence-electron chi connectivity index (χ3n) is 2.73. The average Bonchev–Trinajstić information content (AvgIpc) is 3.10. The average molecular weight is 300 g/mol. The first-order chi connectivity index (χ1) is 10.2. The van der Waals surface area contributed by atoms with Gasteiger partial charge in [-0.1, -0.05) is 41.9 Å². The van der Waals surface area contributed by atoms with E-state index in [1.165, 1.54) is 12.3 Å². The number of rotatable bonds is 3. The normalized spacial score (nSPS) is 17.0. The number of esters is 1. The zero-order valence-corrected chi connectivity index (χ0v) is 11.6. The highest BCUT2D eigenvalue weighted by Gasteiger charge is 2.25. The smallest absolute Gasteiger partial charge is 0.363 e. The number of carbonyl (C=O) groups is 1. The Morgan fingerprint density at radius 1 is 1.14 bits per heavy atom. The van der Waals surface area contributed by atoms with Crippen LogP contribution in [0.15, 0.2) is 74.9 Å². The molecule has 2 aromatic rings. The van der Waals surface area contributed by atoms with Crippen molar-refractivity contribution >= 4 is 29.5 Å². The first-order valence-corrected chi connectivity index (χ1v) is 6.59. The Bertz CT molecular complexity index is 743. The van der Waals surface area contributed by atoms with Crippen LogP contribution in [0.2, 0.25) is 0 Å². The SMILES string of the molecule is O=C1OC(c2ccco2)=N/C1=C\C(Cl)=C\c1ccccc1. The molecule has 0 unspecified atom stereocenters. The van der Waals surface area contributed by atoms with Crippen LogP contribution >= 0.6 is 11.6 Å². The van der Waals surface area contributed by atoms with E-state index in [2.05, 4.69) is 4.99 Å². The maximum absolute atomic E-state index is 11.7. The fraction of sp³-hybridized carbons (Fsp3) is 0. The van der Waals surface area contributed by atoms with E-state index in [0.717, 1.165) is 5.56 Å². The predicted octanol–water partition coefficient (Wildman–Crippen LogP) is 3.75. The molecule has 1 aromatic carbocycles. The minimum atomic E-state index is -0.555. The summed E-state index contributed by atoms with van der Waals surface area (Å²) in [7, 11) is 0. The molecule has 0 aliphatic carbocycles. The number of cyclic esters (lactones) is 1. The molecule has 0 bridgehead atoms. The quantitative estimate of drug-likeness (QED) is 0.640. The van der Waals surface area contributed by atoms with Crippen molar-refractivity contribution in [1.82, 2.24) is 0 Å². The summed E-state index contributed by atoms with van der Waals surface area (Å²) in [5, 5.41) is 0.387. The number of allylic oxidation sites excluding steroid dienone is 2. The van der Waals surface area contributed by atoms with Crippen molar-refractivity contribution < 1.29 is 13.9 Å². The van der Waals surface area contributed by atoms with Crippen molar-refractivity contribution in [3.05, 3.63) is 76.9 Å². The summed E-state index contributed by atoms with van der Waals surface area (Å²) in [4.78, 5) is 15.8. The number of ether oxygens (including phenoxy) is 1. The molecule has 1 aliphatic heterocycles.